The Morgan fingerprint density at radius 2 is 2.08 bits per heavy atom. The van der Waals surface area contributed by atoms with Crippen molar-refractivity contribution in [1.29, 1.82) is 0 Å². The van der Waals surface area contributed by atoms with E-state index >= 15 is 0 Å². The van der Waals surface area contributed by atoms with Crippen LogP contribution in [0, 0.1) is 5.92 Å². The van der Waals surface area contributed by atoms with Gasteiger partial charge in [-0.05, 0) is 14.0 Å². The van der Waals surface area contributed by atoms with E-state index in [0.29, 0.717) is 6.54 Å². The van der Waals surface area contributed by atoms with Crippen LogP contribution in [-0.2, 0) is 14.3 Å². The molecule has 0 radical (unpaired) electrons. The zero-order valence-electron chi connectivity index (χ0n) is 13.3. The number of amides is 1. The van der Waals surface area contributed by atoms with Crippen LogP contribution in [0.4, 0.5) is 4.79 Å². The summed E-state index contributed by atoms with van der Waals surface area (Å²) in [5.74, 6) is -1.74. The van der Waals surface area contributed by atoms with Crippen LogP contribution in [0.1, 0.15) is 6.92 Å². The van der Waals surface area contributed by atoms with Gasteiger partial charge in [0.05, 0.1) is 23.4 Å². The van der Waals surface area contributed by atoms with Crippen molar-refractivity contribution < 1.29 is 24.2 Å². The monoisotopic (exact) mass is 334 g/mol. The zero-order valence-corrected chi connectivity index (χ0v) is 13.3. The van der Waals surface area contributed by atoms with Crippen LogP contribution in [0.3, 0.4) is 0 Å². The number of rotatable bonds is 2. The fourth-order valence-electron chi connectivity index (χ4n) is 4.39. The molecule has 2 saturated heterocycles. The van der Waals surface area contributed by atoms with Crippen molar-refractivity contribution in [3.63, 3.8) is 0 Å². The molecule has 3 unspecified atom stereocenters. The minimum atomic E-state index is -1.49. The van der Waals surface area contributed by atoms with Crippen molar-refractivity contribution in [3.8, 4) is 0 Å². The Labute approximate surface area is 137 Å². The number of ether oxygens (including phenoxy) is 1. The molecule has 9 heteroatoms. The lowest BCUT2D eigenvalue weighted by Gasteiger charge is -2.37. The van der Waals surface area contributed by atoms with Crippen molar-refractivity contribution in [2.75, 3.05) is 20.2 Å². The molecule has 3 heterocycles. The average molecular weight is 334 g/mol. The third kappa shape index (κ3) is 1.53. The van der Waals surface area contributed by atoms with E-state index in [2.05, 4.69) is 0 Å². The highest BCUT2D eigenvalue weighted by molar-refractivity contribution is 6.25. The summed E-state index contributed by atoms with van der Waals surface area (Å²) in [5.41, 5.74) is 9.66. The maximum atomic E-state index is 12.7. The summed E-state index contributed by atoms with van der Waals surface area (Å²) in [7, 11) is 1.86. The number of carbonyl (C=O) groups is 3. The van der Waals surface area contributed by atoms with E-state index in [1.165, 1.54) is 6.92 Å². The van der Waals surface area contributed by atoms with E-state index in [1.54, 1.807) is 4.90 Å². The summed E-state index contributed by atoms with van der Waals surface area (Å²) in [6, 6.07) is -0.154. The number of Topliss-reactive ketones (excluding diaryl/α,β-unsaturated/α-hetero) is 2. The number of allylic oxidation sites excluding steroid dienone is 2. The number of primary amides is 1. The predicted octanol–water partition coefficient (Wildman–Crippen LogP) is -1.96. The van der Waals surface area contributed by atoms with E-state index in [9.17, 15) is 19.5 Å². The number of nitrogens with zero attached hydrogens (tertiary/aromatic N) is 2. The van der Waals surface area contributed by atoms with Crippen LogP contribution >= 0.6 is 0 Å². The number of hydrogen-bond donors (Lipinski definition) is 3. The van der Waals surface area contributed by atoms with Gasteiger partial charge < -0.3 is 26.2 Å². The predicted molar refractivity (Wildman–Crippen MR) is 79.9 cm³/mol. The van der Waals surface area contributed by atoms with Gasteiger partial charge in [-0.1, -0.05) is 0 Å². The van der Waals surface area contributed by atoms with E-state index in [4.69, 9.17) is 16.2 Å². The molecule has 0 bridgehead atoms. The molecule has 5 atom stereocenters. The van der Waals surface area contributed by atoms with Gasteiger partial charge in [-0.25, -0.2) is 4.79 Å². The third-order valence-corrected chi connectivity index (χ3v) is 5.70. The first kappa shape index (κ1) is 15.2. The number of likely N-dealkylation sites (N-methyl/N-ethyl adjacent to an activating group) is 1. The first-order chi connectivity index (χ1) is 11.2. The molecular formula is C15H18N4O5. The van der Waals surface area contributed by atoms with Gasteiger partial charge >= 0.3 is 6.09 Å². The molecule has 24 heavy (non-hydrogen) atoms. The summed E-state index contributed by atoms with van der Waals surface area (Å²) >= 11 is 0. The summed E-state index contributed by atoms with van der Waals surface area (Å²) < 4.78 is 4.88. The molecule has 0 saturated carbocycles. The van der Waals surface area contributed by atoms with Gasteiger partial charge in [0.1, 0.15) is 6.61 Å². The Kier molecular flexibility index (Phi) is 2.76. The van der Waals surface area contributed by atoms with E-state index in [0.717, 1.165) is 0 Å². The molecule has 5 N–H and O–H groups in total. The van der Waals surface area contributed by atoms with Crippen LogP contribution in [0.15, 0.2) is 22.5 Å². The highest BCUT2D eigenvalue weighted by atomic mass is 16.5. The molecule has 1 aliphatic carbocycles. The molecule has 4 aliphatic rings. The fourth-order valence-corrected chi connectivity index (χ4v) is 4.39. The van der Waals surface area contributed by atoms with Crippen molar-refractivity contribution in [1.82, 2.24) is 9.80 Å². The minimum Gasteiger partial charge on any atom is -0.449 e. The largest absolute Gasteiger partial charge is 0.449 e. The second-order valence-electron chi connectivity index (χ2n) is 6.71. The number of fused-ring (bicyclic) bond motifs is 4. The average Bonchev–Trinajstić information content (AvgIpc) is 2.93. The molecule has 2 fully saturated rings. The Hall–Kier alpha value is -2.39. The minimum absolute atomic E-state index is 0.0894. The van der Waals surface area contributed by atoms with Gasteiger partial charge in [0, 0.05) is 23.7 Å². The maximum Gasteiger partial charge on any atom is 0.404 e. The lowest BCUT2D eigenvalue weighted by Crippen LogP contribution is -2.53. The zero-order chi connectivity index (χ0) is 17.5. The van der Waals surface area contributed by atoms with Gasteiger partial charge in [-0.3, -0.25) is 14.5 Å². The summed E-state index contributed by atoms with van der Waals surface area (Å²) in [6.07, 6.45) is -1.01. The molecule has 0 aromatic carbocycles. The Morgan fingerprint density at radius 1 is 1.42 bits per heavy atom. The molecule has 9 nitrogen and oxygen atoms in total. The topological polar surface area (TPSA) is 139 Å². The van der Waals surface area contributed by atoms with Gasteiger partial charge in [0.2, 0.25) is 11.6 Å². The standard InChI is InChI=1S/C15H18N4O5/c1-5-9(16)12(21)8-6(4-24-14(17)22)15(23)13-7(18(13)2)3-19(15)10(8)11(5)20/h6-7,13,23H,3-4,16H2,1-2H3,(H2,17,22)/t6-,7?,13?,15+,18?/m0/s1. The van der Waals surface area contributed by atoms with Crippen molar-refractivity contribution in [2.24, 2.45) is 17.4 Å². The van der Waals surface area contributed by atoms with Crippen LogP contribution in [-0.4, -0.2) is 70.6 Å². The second-order valence-corrected chi connectivity index (χ2v) is 6.71. The maximum absolute atomic E-state index is 12.7. The van der Waals surface area contributed by atoms with Gasteiger partial charge in [0.25, 0.3) is 0 Å². The number of piperazine rings is 1. The molecule has 0 spiro atoms. The van der Waals surface area contributed by atoms with Crippen LogP contribution in [0.2, 0.25) is 0 Å². The van der Waals surface area contributed by atoms with Gasteiger partial charge in [-0.15, -0.1) is 0 Å². The molecule has 4 rings (SSSR count). The Balaban J connectivity index is 1.82. The summed E-state index contributed by atoms with van der Waals surface area (Å²) in [4.78, 5) is 39.9. The molecule has 3 aliphatic heterocycles. The number of hydrogen-bond acceptors (Lipinski definition) is 8. The quantitative estimate of drug-likeness (QED) is 0.391. The van der Waals surface area contributed by atoms with Gasteiger partial charge in [-0.2, -0.15) is 0 Å². The molecule has 0 aromatic rings. The number of aliphatic hydroxyl groups is 1. The Morgan fingerprint density at radius 3 is 2.71 bits per heavy atom. The van der Waals surface area contributed by atoms with Crippen LogP contribution in [0.25, 0.3) is 0 Å². The van der Waals surface area contributed by atoms with Crippen molar-refractivity contribution >= 4 is 17.7 Å². The summed E-state index contributed by atoms with van der Waals surface area (Å²) in [5, 5.41) is 11.4. The lowest BCUT2D eigenvalue weighted by atomic mass is 9.83. The first-order valence-electron chi connectivity index (χ1n) is 7.65. The molecular weight excluding hydrogens is 316 g/mol. The fraction of sp³-hybridized carbons (Fsp3) is 0.533. The Bertz CT molecular complexity index is 772. The van der Waals surface area contributed by atoms with Gasteiger partial charge in [0.15, 0.2) is 5.72 Å². The highest BCUT2D eigenvalue weighted by Crippen LogP contribution is 2.57. The second kappa shape index (κ2) is 4.37. The molecule has 128 valence electrons. The molecule has 1 amide bonds. The number of ketones is 2. The number of nitrogens with two attached hydrogens (primary N) is 2. The van der Waals surface area contributed by atoms with E-state index < -0.39 is 23.5 Å². The van der Waals surface area contributed by atoms with E-state index in [-0.39, 0.29) is 47.0 Å². The lowest BCUT2D eigenvalue weighted by molar-refractivity contribution is -0.126. The van der Waals surface area contributed by atoms with Crippen molar-refractivity contribution in [3.05, 3.63) is 22.5 Å². The van der Waals surface area contributed by atoms with Crippen LogP contribution < -0.4 is 11.5 Å². The smallest absolute Gasteiger partial charge is 0.404 e. The van der Waals surface area contributed by atoms with E-state index in [1.807, 2.05) is 11.9 Å². The number of carbonyl (C=O) groups excluding carboxylic acids is 3. The first-order valence-corrected chi connectivity index (χ1v) is 7.65. The van der Waals surface area contributed by atoms with Crippen molar-refractivity contribution in [2.45, 2.75) is 24.7 Å². The highest BCUT2D eigenvalue weighted by Gasteiger charge is 2.74. The SMILES string of the molecule is CC1=C(N)C(=O)C2=C(C1=O)N1CC3C(N3C)[C@]1(O)[C@H]2COC(N)=O. The third-order valence-electron chi connectivity index (χ3n) is 5.70. The van der Waals surface area contributed by atoms with Crippen LogP contribution in [0.5, 0.6) is 0 Å². The molecule has 0 aromatic heterocycles. The summed E-state index contributed by atoms with van der Waals surface area (Å²) in [6.45, 7) is 1.63. The normalized spacial score (nSPS) is 39.9.